The third kappa shape index (κ3) is 7.95. The monoisotopic (exact) mass is 355 g/mol. The number of methoxy groups -OCH3 is 1. The van der Waals surface area contributed by atoms with Gasteiger partial charge in [0.1, 0.15) is 6.10 Å². The number of esters is 2. The largest absolute Gasteiger partial charge is 0.490 e. The highest BCUT2D eigenvalue weighted by Gasteiger charge is 2.38. The smallest absolute Gasteiger partial charge is 0.475 e. The minimum atomic E-state index is -5.08. The quantitative estimate of drug-likeness (QED) is 0.581. The van der Waals surface area contributed by atoms with Crippen LogP contribution in [0.1, 0.15) is 26.2 Å². The van der Waals surface area contributed by atoms with Gasteiger partial charge in [-0.25, -0.2) is 9.59 Å². The SMILES string of the molecule is C=C(C(=O)OC)C(OC(C)=O)C1CCCCN1.O=C(O)C(F)(F)F. The van der Waals surface area contributed by atoms with Crippen molar-refractivity contribution < 1.29 is 42.1 Å². The Balaban J connectivity index is 0.000000640. The lowest BCUT2D eigenvalue weighted by Gasteiger charge is -2.31. The van der Waals surface area contributed by atoms with E-state index in [1.807, 2.05) is 0 Å². The predicted octanol–water partition coefficient (Wildman–Crippen LogP) is 1.42. The van der Waals surface area contributed by atoms with Crippen LogP contribution < -0.4 is 5.32 Å². The molecule has 0 amide bonds. The Hall–Kier alpha value is -2.10. The van der Waals surface area contributed by atoms with E-state index in [0.29, 0.717) is 0 Å². The van der Waals surface area contributed by atoms with Crippen molar-refractivity contribution in [3.8, 4) is 0 Å². The number of carboxylic acids is 1. The third-order valence-electron chi connectivity index (χ3n) is 3.04. The van der Waals surface area contributed by atoms with Gasteiger partial charge in [0.2, 0.25) is 0 Å². The first-order chi connectivity index (χ1) is 11.0. The van der Waals surface area contributed by atoms with E-state index in [9.17, 15) is 22.8 Å². The molecule has 0 aliphatic carbocycles. The molecule has 1 heterocycles. The average molecular weight is 355 g/mol. The van der Waals surface area contributed by atoms with E-state index in [0.717, 1.165) is 25.8 Å². The van der Waals surface area contributed by atoms with Gasteiger partial charge >= 0.3 is 24.1 Å². The zero-order chi connectivity index (χ0) is 18.9. The van der Waals surface area contributed by atoms with Crippen LogP contribution in [0.15, 0.2) is 12.2 Å². The van der Waals surface area contributed by atoms with Crippen LogP contribution in [0.3, 0.4) is 0 Å². The fraction of sp³-hybridized carbons (Fsp3) is 0.643. The summed E-state index contributed by atoms with van der Waals surface area (Å²) in [6.07, 6.45) is -2.73. The molecule has 0 aromatic heterocycles. The molecular formula is C14H20F3NO6. The van der Waals surface area contributed by atoms with Crippen molar-refractivity contribution in [2.24, 2.45) is 0 Å². The minimum Gasteiger partial charge on any atom is -0.475 e. The molecule has 7 nitrogen and oxygen atoms in total. The summed E-state index contributed by atoms with van der Waals surface area (Å²) in [5, 5.41) is 10.4. The maximum atomic E-state index is 11.4. The van der Waals surface area contributed by atoms with Crippen LogP contribution in [0.25, 0.3) is 0 Å². The molecule has 0 spiro atoms. The third-order valence-corrected chi connectivity index (χ3v) is 3.04. The second kappa shape index (κ2) is 9.91. The number of hydrogen-bond acceptors (Lipinski definition) is 6. The molecule has 2 unspecified atom stereocenters. The molecule has 0 aromatic rings. The number of carbonyl (C=O) groups excluding carboxylic acids is 2. The normalized spacial score (nSPS) is 18.5. The van der Waals surface area contributed by atoms with E-state index in [2.05, 4.69) is 16.6 Å². The summed E-state index contributed by atoms with van der Waals surface area (Å²) in [4.78, 5) is 31.4. The summed E-state index contributed by atoms with van der Waals surface area (Å²) in [6, 6.07) is -0.0563. The van der Waals surface area contributed by atoms with Crippen molar-refractivity contribution in [1.82, 2.24) is 5.32 Å². The van der Waals surface area contributed by atoms with Crippen LogP contribution in [0.4, 0.5) is 13.2 Å². The van der Waals surface area contributed by atoms with E-state index in [1.54, 1.807) is 0 Å². The van der Waals surface area contributed by atoms with E-state index >= 15 is 0 Å². The molecule has 0 saturated carbocycles. The van der Waals surface area contributed by atoms with Crippen LogP contribution in [0.5, 0.6) is 0 Å². The molecule has 2 N–H and O–H groups in total. The molecular weight excluding hydrogens is 335 g/mol. The van der Waals surface area contributed by atoms with Crippen molar-refractivity contribution in [1.29, 1.82) is 0 Å². The van der Waals surface area contributed by atoms with Gasteiger partial charge in [0.05, 0.1) is 12.7 Å². The van der Waals surface area contributed by atoms with Crippen molar-refractivity contribution in [3.05, 3.63) is 12.2 Å². The highest BCUT2D eigenvalue weighted by atomic mass is 19.4. The van der Waals surface area contributed by atoms with Crippen LogP contribution in [-0.4, -0.2) is 55.0 Å². The first-order valence-electron chi connectivity index (χ1n) is 6.98. The van der Waals surface area contributed by atoms with Gasteiger partial charge in [0.25, 0.3) is 0 Å². The Morgan fingerprint density at radius 2 is 1.83 bits per heavy atom. The molecule has 1 aliphatic heterocycles. The van der Waals surface area contributed by atoms with E-state index in [4.69, 9.17) is 14.6 Å². The van der Waals surface area contributed by atoms with Gasteiger partial charge in [-0.05, 0) is 19.4 Å². The van der Waals surface area contributed by atoms with E-state index in [1.165, 1.54) is 14.0 Å². The summed E-state index contributed by atoms with van der Waals surface area (Å²) in [5.74, 6) is -3.72. The molecule has 24 heavy (non-hydrogen) atoms. The van der Waals surface area contributed by atoms with Gasteiger partial charge in [0, 0.05) is 13.0 Å². The number of rotatable bonds is 4. The standard InChI is InChI=1S/C12H19NO4.C2HF3O2/c1-8(12(15)16-3)11(17-9(2)14)10-6-4-5-7-13-10;3-2(4,5)1(6)7/h10-11,13H,1,4-7H2,2-3H3;(H,6,7). The number of halogens is 3. The molecule has 1 rings (SSSR count). The number of carboxylic acid groups (broad SMARTS) is 1. The van der Waals surface area contributed by atoms with E-state index < -0.39 is 30.2 Å². The molecule has 1 saturated heterocycles. The van der Waals surface area contributed by atoms with E-state index in [-0.39, 0.29) is 11.6 Å². The lowest BCUT2D eigenvalue weighted by molar-refractivity contribution is -0.192. The fourth-order valence-corrected chi connectivity index (χ4v) is 1.96. The lowest BCUT2D eigenvalue weighted by atomic mass is 9.95. The molecule has 2 atom stereocenters. The minimum absolute atomic E-state index is 0.0563. The Morgan fingerprint density at radius 3 is 2.17 bits per heavy atom. The fourth-order valence-electron chi connectivity index (χ4n) is 1.96. The maximum absolute atomic E-state index is 11.4. The zero-order valence-electron chi connectivity index (χ0n) is 13.3. The summed E-state index contributed by atoms with van der Waals surface area (Å²) in [7, 11) is 1.28. The molecule has 10 heteroatoms. The van der Waals surface area contributed by atoms with Crippen LogP contribution >= 0.6 is 0 Å². The summed E-state index contributed by atoms with van der Waals surface area (Å²) in [5.41, 5.74) is 0.183. The van der Waals surface area contributed by atoms with Crippen LogP contribution in [0.2, 0.25) is 0 Å². The first kappa shape index (κ1) is 21.9. The van der Waals surface area contributed by atoms with Gasteiger partial charge < -0.3 is 19.9 Å². The topological polar surface area (TPSA) is 102 Å². The molecule has 1 aliphatic rings. The summed E-state index contributed by atoms with van der Waals surface area (Å²) in [6.45, 7) is 5.84. The summed E-state index contributed by atoms with van der Waals surface area (Å²) < 4.78 is 41.5. The van der Waals surface area contributed by atoms with Crippen molar-refractivity contribution in [3.63, 3.8) is 0 Å². The second-order valence-electron chi connectivity index (χ2n) is 4.91. The van der Waals surface area contributed by atoms with Gasteiger partial charge in [0.15, 0.2) is 0 Å². The van der Waals surface area contributed by atoms with Crippen molar-refractivity contribution in [2.75, 3.05) is 13.7 Å². The average Bonchev–Trinajstić information content (AvgIpc) is 2.51. The first-order valence-corrected chi connectivity index (χ1v) is 6.98. The zero-order valence-corrected chi connectivity index (χ0v) is 13.3. The van der Waals surface area contributed by atoms with Crippen LogP contribution in [0, 0.1) is 0 Å². The molecule has 0 aromatic carbocycles. The highest BCUT2D eigenvalue weighted by molar-refractivity contribution is 5.89. The van der Waals surface area contributed by atoms with Crippen molar-refractivity contribution in [2.45, 2.75) is 44.5 Å². The lowest BCUT2D eigenvalue weighted by Crippen LogP contribution is -2.47. The Labute approximate surface area is 136 Å². The van der Waals surface area contributed by atoms with Gasteiger partial charge in [-0.2, -0.15) is 13.2 Å². The number of alkyl halides is 3. The number of hydrogen-bond donors (Lipinski definition) is 2. The second-order valence-corrected chi connectivity index (χ2v) is 4.91. The Kier molecular flexibility index (Phi) is 9.04. The number of carbonyl (C=O) groups is 3. The van der Waals surface area contributed by atoms with Crippen LogP contribution in [-0.2, 0) is 23.9 Å². The molecule has 0 radical (unpaired) electrons. The summed E-state index contributed by atoms with van der Waals surface area (Å²) >= 11 is 0. The molecule has 138 valence electrons. The number of nitrogens with one attached hydrogen (secondary N) is 1. The maximum Gasteiger partial charge on any atom is 0.490 e. The van der Waals surface area contributed by atoms with Gasteiger partial charge in [-0.3, -0.25) is 4.79 Å². The van der Waals surface area contributed by atoms with Gasteiger partial charge in [-0.15, -0.1) is 0 Å². The van der Waals surface area contributed by atoms with Gasteiger partial charge in [-0.1, -0.05) is 13.0 Å². The predicted molar refractivity (Wildman–Crippen MR) is 76.0 cm³/mol. The Bertz CT molecular complexity index is 472. The highest BCUT2D eigenvalue weighted by Crippen LogP contribution is 2.19. The number of ether oxygens (including phenoxy) is 2. The van der Waals surface area contributed by atoms with Crippen molar-refractivity contribution >= 4 is 17.9 Å². The Morgan fingerprint density at radius 1 is 1.29 bits per heavy atom. The number of piperidine rings is 1. The number of aliphatic carboxylic acids is 1. The molecule has 1 fully saturated rings. The molecule has 0 bridgehead atoms.